The first kappa shape index (κ1) is 24.8. The maximum Gasteiger partial charge on any atom is 0.469 e. The van der Waals surface area contributed by atoms with Gasteiger partial charge < -0.3 is 34.8 Å². The van der Waals surface area contributed by atoms with E-state index in [9.17, 15) is 24.4 Å². The zero-order valence-electron chi connectivity index (χ0n) is 18.0. The highest BCUT2D eigenvalue weighted by Gasteiger charge is 2.45. The molecular formula is C19H20N5O10P. The van der Waals surface area contributed by atoms with Gasteiger partial charge in [-0.15, -0.1) is 0 Å². The Kier molecular flexibility index (Phi) is 6.91. The third-order valence-corrected chi connectivity index (χ3v) is 5.48. The van der Waals surface area contributed by atoms with Crippen molar-refractivity contribution in [3.05, 3.63) is 42.5 Å². The first-order valence-electron chi connectivity index (χ1n) is 10.0. The molecule has 15 nitrogen and oxygen atoms in total. The van der Waals surface area contributed by atoms with Crippen molar-refractivity contribution in [2.45, 2.75) is 31.5 Å². The lowest BCUT2D eigenvalue weighted by Gasteiger charge is -2.16. The lowest BCUT2D eigenvalue weighted by Crippen LogP contribution is -2.33. The fraction of sp³-hybridized carbons (Fsp3) is 0.316. The van der Waals surface area contributed by atoms with Crippen LogP contribution in [-0.4, -0.2) is 76.3 Å². The van der Waals surface area contributed by atoms with Crippen LogP contribution < -0.4 is 10.1 Å². The normalized spacial score (nSPS) is 22.3. The van der Waals surface area contributed by atoms with Crippen LogP contribution in [0.1, 0.15) is 23.5 Å². The Bertz CT molecular complexity index is 1310. The van der Waals surface area contributed by atoms with E-state index in [1.54, 1.807) is 12.1 Å². The molecule has 3 heterocycles. The van der Waals surface area contributed by atoms with Gasteiger partial charge in [-0.1, -0.05) is 12.1 Å². The van der Waals surface area contributed by atoms with E-state index in [1.807, 2.05) is 0 Å². The minimum absolute atomic E-state index is 0.00537. The van der Waals surface area contributed by atoms with Crippen molar-refractivity contribution in [2.75, 3.05) is 11.9 Å². The van der Waals surface area contributed by atoms with Crippen molar-refractivity contribution in [2.24, 2.45) is 0 Å². The summed E-state index contributed by atoms with van der Waals surface area (Å²) >= 11 is 0. The van der Waals surface area contributed by atoms with Crippen molar-refractivity contribution >= 4 is 36.7 Å². The number of ether oxygens (including phenoxy) is 2. The lowest BCUT2D eigenvalue weighted by molar-refractivity contribution is -0.131. The van der Waals surface area contributed by atoms with Gasteiger partial charge in [0.15, 0.2) is 23.2 Å². The first-order valence-corrected chi connectivity index (χ1v) is 11.6. The molecule has 3 aromatic rings. The number of nitrogens with one attached hydrogen (secondary N) is 1. The zero-order valence-corrected chi connectivity index (χ0v) is 18.8. The molecule has 35 heavy (non-hydrogen) atoms. The predicted molar refractivity (Wildman–Crippen MR) is 115 cm³/mol. The molecule has 1 aromatic carbocycles. The van der Waals surface area contributed by atoms with E-state index in [2.05, 4.69) is 24.8 Å². The second kappa shape index (κ2) is 9.75. The van der Waals surface area contributed by atoms with Gasteiger partial charge in [-0.05, 0) is 12.1 Å². The average molecular weight is 509 g/mol. The number of aliphatic hydroxyl groups is 2. The monoisotopic (exact) mass is 509 g/mol. The molecule has 0 saturated carbocycles. The molecular weight excluding hydrogens is 489 g/mol. The second-order valence-corrected chi connectivity index (χ2v) is 8.66. The van der Waals surface area contributed by atoms with Crippen LogP contribution in [0.15, 0.2) is 36.9 Å². The molecule has 0 radical (unpaired) electrons. The van der Waals surface area contributed by atoms with E-state index in [0.29, 0.717) is 0 Å². The number of amides is 1. The summed E-state index contributed by atoms with van der Waals surface area (Å²) < 4.78 is 27.2. The number of imidazole rings is 1. The number of para-hydroxylation sites is 1. The first-order chi connectivity index (χ1) is 16.5. The highest BCUT2D eigenvalue weighted by Crippen LogP contribution is 2.39. The molecule has 16 heteroatoms. The lowest BCUT2D eigenvalue weighted by atomic mass is 10.1. The molecule has 0 spiro atoms. The number of carbonyl (C=O) groups excluding carboxylic acids is 2. The Morgan fingerprint density at radius 1 is 1.17 bits per heavy atom. The van der Waals surface area contributed by atoms with E-state index in [0.717, 1.165) is 6.33 Å². The summed E-state index contributed by atoms with van der Waals surface area (Å²) in [6.45, 7) is 0.526. The number of aromatic nitrogens is 4. The number of hydrogen-bond acceptors (Lipinski definition) is 11. The molecule has 1 aliphatic rings. The smallest absolute Gasteiger partial charge is 0.426 e. The number of phosphoric acid groups is 1. The summed E-state index contributed by atoms with van der Waals surface area (Å²) in [4.78, 5) is 54.2. The summed E-state index contributed by atoms with van der Waals surface area (Å²) in [7, 11) is -4.82. The Hall–Kier alpha value is -3.30. The van der Waals surface area contributed by atoms with Crippen LogP contribution in [-0.2, 0) is 18.6 Å². The molecule has 4 atom stereocenters. The Balaban J connectivity index is 1.58. The Labute approximate surface area is 196 Å². The number of nitrogens with zero attached hydrogens (tertiary/aromatic N) is 4. The highest BCUT2D eigenvalue weighted by atomic mass is 31.2. The summed E-state index contributed by atoms with van der Waals surface area (Å²) in [6.07, 6.45) is -3.17. The van der Waals surface area contributed by atoms with Crippen molar-refractivity contribution < 1.29 is 48.2 Å². The molecule has 5 N–H and O–H groups in total. The molecule has 2 aromatic heterocycles. The van der Waals surface area contributed by atoms with Crippen LogP contribution in [0.4, 0.5) is 5.82 Å². The fourth-order valence-electron chi connectivity index (χ4n) is 3.47. The standard InChI is InChI=1S/C19H20N5O10P/c1-9(25)33-11-5-3-2-4-10(11)18(28)23-16-13-17(21-7-20-16)24(8-22-13)19-15(27)14(26)12(34-19)6-32-35(29,30)31/h2-5,7-8,12,14-15,19,26-27H,6H2,1H3,(H2,29,30,31)(H,20,21,23,28)/t12-,14-,15-,19-/m1/s1. The number of anilines is 1. The van der Waals surface area contributed by atoms with E-state index < -0.39 is 50.8 Å². The summed E-state index contributed by atoms with van der Waals surface area (Å²) in [5.41, 5.74) is 0.307. The van der Waals surface area contributed by atoms with Gasteiger partial charge in [0.2, 0.25) is 0 Å². The van der Waals surface area contributed by atoms with Gasteiger partial charge in [0.25, 0.3) is 5.91 Å². The third kappa shape index (κ3) is 5.36. The Morgan fingerprint density at radius 3 is 2.63 bits per heavy atom. The molecule has 186 valence electrons. The second-order valence-electron chi connectivity index (χ2n) is 7.42. The molecule has 0 unspecified atom stereocenters. The topological polar surface area (TPSA) is 215 Å². The van der Waals surface area contributed by atoms with Crippen LogP contribution in [0.25, 0.3) is 11.2 Å². The number of fused-ring (bicyclic) bond motifs is 1. The maximum atomic E-state index is 12.8. The maximum absolute atomic E-state index is 12.8. The van der Waals surface area contributed by atoms with Crippen LogP contribution in [0.2, 0.25) is 0 Å². The van der Waals surface area contributed by atoms with Crippen LogP contribution >= 0.6 is 7.82 Å². The number of hydrogen-bond donors (Lipinski definition) is 5. The number of carbonyl (C=O) groups is 2. The van der Waals surface area contributed by atoms with Gasteiger partial charge >= 0.3 is 13.8 Å². The van der Waals surface area contributed by atoms with Crippen LogP contribution in [0.3, 0.4) is 0 Å². The molecule has 1 saturated heterocycles. The van der Waals surface area contributed by atoms with E-state index >= 15 is 0 Å². The molecule has 1 aliphatic heterocycles. The van der Waals surface area contributed by atoms with Crippen molar-refractivity contribution in [1.82, 2.24) is 19.5 Å². The fourth-order valence-corrected chi connectivity index (χ4v) is 3.81. The molecule has 1 amide bonds. The number of benzene rings is 1. The number of esters is 1. The molecule has 0 aliphatic carbocycles. The van der Waals surface area contributed by atoms with E-state index in [4.69, 9.17) is 19.3 Å². The van der Waals surface area contributed by atoms with Gasteiger partial charge in [0, 0.05) is 6.92 Å². The van der Waals surface area contributed by atoms with E-state index in [-0.39, 0.29) is 28.3 Å². The predicted octanol–water partition coefficient (Wildman–Crippen LogP) is -0.268. The summed E-state index contributed by atoms with van der Waals surface area (Å²) in [5, 5.41) is 23.2. The largest absolute Gasteiger partial charge is 0.469 e. The van der Waals surface area contributed by atoms with Gasteiger partial charge in [0.1, 0.15) is 30.4 Å². The third-order valence-electron chi connectivity index (χ3n) is 4.99. The number of phosphoric ester groups is 1. The highest BCUT2D eigenvalue weighted by molar-refractivity contribution is 7.46. The van der Waals surface area contributed by atoms with E-state index in [1.165, 1.54) is 30.0 Å². The van der Waals surface area contributed by atoms with Gasteiger partial charge in [-0.25, -0.2) is 19.5 Å². The van der Waals surface area contributed by atoms with Gasteiger partial charge in [-0.2, -0.15) is 0 Å². The number of rotatable bonds is 7. The Morgan fingerprint density at radius 2 is 1.91 bits per heavy atom. The minimum atomic E-state index is -4.82. The minimum Gasteiger partial charge on any atom is -0.426 e. The van der Waals surface area contributed by atoms with Crippen LogP contribution in [0.5, 0.6) is 5.75 Å². The number of aliphatic hydroxyl groups excluding tert-OH is 2. The zero-order chi connectivity index (χ0) is 25.3. The van der Waals surface area contributed by atoms with Gasteiger partial charge in [0.05, 0.1) is 18.5 Å². The average Bonchev–Trinajstić information content (AvgIpc) is 3.34. The molecule has 0 bridgehead atoms. The quantitative estimate of drug-likeness (QED) is 0.158. The van der Waals surface area contributed by atoms with Crippen molar-refractivity contribution in [1.29, 1.82) is 0 Å². The van der Waals surface area contributed by atoms with Gasteiger partial charge in [-0.3, -0.25) is 18.7 Å². The van der Waals surface area contributed by atoms with Crippen molar-refractivity contribution in [3.8, 4) is 5.75 Å². The summed E-state index contributed by atoms with van der Waals surface area (Å²) in [5.74, 6) is -1.19. The molecule has 1 fully saturated rings. The van der Waals surface area contributed by atoms with Crippen molar-refractivity contribution in [3.63, 3.8) is 0 Å². The molecule has 4 rings (SSSR count). The SMILES string of the molecule is CC(=O)Oc1ccccc1C(=O)Nc1ncnc2c1ncn2[C@@H]1O[C@H](COP(=O)(O)O)[C@@H](O)[C@H]1O. The van der Waals surface area contributed by atoms with Crippen LogP contribution in [0, 0.1) is 0 Å². The summed E-state index contributed by atoms with van der Waals surface area (Å²) in [6, 6.07) is 6.09.